The van der Waals surface area contributed by atoms with Crippen LogP contribution in [0.5, 0.6) is 0 Å². The second-order valence-electron chi connectivity index (χ2n) is 10.7. The number of hydrogen-bond donors (Lipinski definition) is 1. The van der Waals surface area contributed by atoms with E-state index in [2.05, 4.69) is 5.32 Å². The lowest BCUT2D eigenvalue weighted by atomic mass is 9.81. The second kappa shape index (κ2) is 10.5. The molecule has 3 aliphatic rings. The Kier molecular flexibility index (Phi) is 6.91. The molecule has 0 spiro atoms. The molecule has 3 aliphatic heterocycles. The SMILES string of the molecule is O=C(NC1C[N+]2(CC(=O)c3ccc4sccc4c3)CCC1CC2)OC(c1cccc(F)c1)c1cccc(F)c1. The van der Waals surface area contributed by atoms with E-state index in [0.717, 1.165) is 41.6 Å². The van der Waals surface area contributed by atoms with Crippen molar-refractivity contribution in [2.45, 2.75) is 25.0 Å². The minimum absolute atomic E-state index is 0.113. The lowest BCUT2D eigenvalue weighted by molar-refractivity contribution is -0.936. The fourth-order valence-corrected chi connectivity index (χ4v) is 6.94. The Morgan fingerprint density at radius 2 is 1.64 bits per heavy atom. The lowest BCUT2D eigenvalue weighted by Crippen LogP contribution is -2.68. The summed E-state index contributed by atoms with van der Waals surface area (Å²) in [5.74, 6) is -0.521. The van der Waals surface area contributed by atoms with Gasteiger partial charge >= 0.3 is 6.09 Å². The molecule has 3 aromatic carbocycles. The summed E-state index contributed by atoms with van der Waals surface area (Å²) in [6.07, 6.45) is 0.228. The van der Waals surface area contributed by atoms with Gasteiger partial charge in [0.1, 0.15) is 18.2 Å². The van der Waals surface area contributed by atoms with Crippen LogP contribution in [0.4, 0.5) is 13.6 Å². The fraction of sp³-hybridized carbons (Fsp3) is 0.290. The summed E-state index contributed by atoms with van der Waals surface area (Å²) in [6.45, 7) is 2.85. The first-order chi connectivity index (χ1) is 18.9. The number of thiophene rings is 1. The number of alkyl carbamates (subject to hydrolysis) is 1. The van der Waals surface area contributed by atoms with Crippen molar-refractivity contribution in [3.05, 3.63) is 107 Å². The lowest BCUT2D eigenvalue weighted by Gasteiger charge is -2.52. The molecule has 1 amide bonds. The molecule has 1 N–H and O–H groups in total. The number of halogens is 2. The molecule has 8 heteroatoms. The quantitative estimate of drug-likeness (QED) is 0.213. The minimum Gasteiger partial charge on any atom is -0.436 e. The van der Waals surface area contributed by atoms with Crippen molar-refractivity contribution >= 4 is 33.3 Å². The highest BCUT2D eigenvalue weighted by atomic mass is 32.1. The minimum atomic E-state index is -0.964. The number of quaternary nitrogens is 1. The molecule has 0 aliphatic carbocycles. The van der Waals surface area contributed by atoms with E-state index in [1.165, 1.54) is 36.4 Å². The van der Waals surface area contributed by atoms with Crippen LogP contribution in [0.2, 0.25) is 0 Å². The highest BCUT2D eigenvalue weighted by molar-refractivity contribution is 7.17. The van der Waals surface area contributed by atoms with Crippen molar-refractivity contribution in [3.63, 3.8) is 0 Å². The van der Waals surface area contributed by atoms with Gasteiger partial charge in [0.15, 0.2) is 6.10 Å². The van der Waals surface area contributed by atoms with Crippen molar-refractivity contribution < 1.29 is 27.6 Å². The molecule has 3 saturated heterocycles. The van der Waals surface area contributed by atoms with E-state index in [1.807, 2.05) is 29.6 Å². The van der Waals surface area contributed by atoms with Gasteiger partial charge in [0.05, 0.1) is 25.7 Å². The van der Waals surface area contributed by atoms with E-state index in [0.29, 0.717) is 34.6 Å². The number of carbonyl (C=O) groups is 2. The Labute approximate surface area is 229 Å². The Balaban J connectivity index is 1.16. The number of ether oxygens (including phenoxy) is 1. The number of amides is 1. The molecule has 1 aromatic heterocycles. The summed E-state index contributed by atoms with van der Waals surface area (Å²) in [4.78, 5) is 26.5. The predicted octanol–water partition coefficient (Wildman–Crippen LogP) is 6.49. The number of nitrogens with one attached hydrogen (secondary N) is 1. The third-order valence-corrected chi connectivity index (χ3v) is 9.08. The molecule has 2 bridgehead atoms. The van der Waals surface area contributed by atoms with Crippen molar-refractivity contribution in [1.82, 2.24) is 5.32 Å². The smallest absolute Gasteiger partial charge is 0.408 e. The van der Waals surface area contributed by atoms with Crippen LogP contribution in [0.1, 0.15) is 40.4 Å². The predicted molar refractivity (Wildman–Crippen MR) is 147 cm³/mol. The average molecular weight is 548 g/mol. The Bertz CT molecular complexity index is 1480. The van der Waals surface area contributed by atoms with Gasteiger partial charge in [-0.2, -0.15) is 0 Å². The van der Waals surface area contributed by atoms with Gasteiger partial charge in [-0.1, -0.05) is 24.3 Å². The third-order valence-electron chi connectivity index (χ3n) is 8.19. The maximum Gasteiger partial charge on any atom is 0.408 e. The van der Waals surface area contributed by atoms with Crippen molar-refractivity contribution in [2.75, 3.05) is 26.2 Å². The molecule has 0 saturated carbocycles. The summed E-state index contributed by atoms with van der Waals surface area (Å²) in [5, 5.41) is 6.14. The van der Waals surface area contributed by atoms with E-state index >= 15 is 0 Å². The van der Waals surface area contributed by atoms with Crippen LogP contribution in [0.25, 0.3) is 10.1 Å². The first-order valence-electron chi connectivity index (χ1n) is 13.2. The van der Waals surface area contributed by atoms with Crippen molar-refractivity contribution in [2.24, 2.45) is 5.92 Å². The zero-order chi connectivity index (χ0) is 27.0. The van der Waals surface area contributed by atoms with Crippen LogP contribution in [-0.2, 0) is 4.74 Å². The molecule has 0 radical (unpaired) electrons. The summed E-state index contributed by atoms with van der Waals surface area (Å²) >= 11 is 1.66. The summed E-state index contributed by atoms with van der Waals surface area (Å²) in [7, 11) is 0. The topological polar surface area (TPSA) is 55.4 Å². The zero-order valence-corrected chi connectivity index (χ0v) is 22.1. The number of carbonyl (C=O) groups excluding carboxylic acids is 2. The van der Waals surface area contributed by atoms with Crippen LogP contribution in [-0.4, -0.2) is 48.6 Å². The standard InChI is InChI=1S/C31H28F2N2O3S/c32-25-5-1-3-23(16-25)30(24-4-2-6-26(33)17-24)38-31(37)34-27-18-35(12-9-20(27)10-13-35)19-28(36)21-7-8-29-22(15-21)11-14-39-29/h1-8,11,14-17,20,27,30H,9-10,12-13,18-19H2/p+1. The second-order valence-corrected chi connectivity index (χ2v) is 11.7. The molecule has 1 atom stereocenters. The van der Waals surface area contributed by atoms with Gasteiger partial charge in [-0.25, -0.2) is 13.6 Å². The number of ketones is 1. The molecule has 4 heterocycles. The third kappa shape index (κ3) is 5.44. The van der Waals surface area contributed by atoms with Crippen LogP contribution < -0.4 is 5.32 Å². The molecule has 5 nitrogen and oxygen atoms in total. The number of fused-ring (bicyclic) bond motifs is 4. The molecule has 200 valence electrons. The van der Waals surface area contributed by atoms with Gasteiger partial charge in [-0.15, -0.1) is 11.3 Å². The van der Waals surface area contributed by atoms with E-state index in [1.54, 1.807) is 23.5 Å². The van der Waals surface area contributed by atoms with Crippen LogP contribution >= 0.6 is 11.3 Å². The molecular weight excluding hydrogens is 518 g/mol. The van der Waals surface area contributed by atoms with E-state index in [4.69, 9.17) is 4.74 Å². The number of rotatable bonds is 7. The van der Waals surface area contributed by atoms with Crippen LogP contribution in [0, 0.1) is 17.6 Å². The Morgan fingerprint density at radius 1 is 0.949 bits per heavy atom. The summed E-state index contributed by atoms with van der Waals surface area (Å²) in [5.41, 5.74) is 1.56. The molecule has 1 unspecified atom stereocenters. The number of nitrogens with zero attached hydrogens (tertiary/aromatic N) is 1. The van der Waals surface area contributed by atoms with Gasteiger partial charge in [-0.3, -0.25) is 4.79 Å². The van der Waals surface area contributed by atoms with E-state index in [9.17, 15) is 18.4 Å². The molecule has 7 rings (SSSR count). The molecular formula is C31H29F2N2O3S+. The van der Waals surface area contributed by atoms with Gasteiger partial charge in [-0.05, 0) is 76.3 Å². The molecule has 4 aromatic rings. The maximum absolute atomic E-state index is 14.0. The van der Waals surface area contributed by atoms with Gasteiger partial charge in [0, 0.05) is 23.1 Å². The Morgan fingerprint density at radius 3 is 2.31 bits per heavy atom. The number of hydrogen-bond acceptors (Lipinski definition) is 4. The average Bonchev–Trinajstić information content (AvgIpc) is 3.40. The largest absolute Gasteiger partial charge is 0.436 e. The van der Waals surface area contributed by atoms with Crippen molar-refractivity contribution in [1.29, 1.82) is 0 Å². The van der Waals surface area contributed by atoms with Crippen LogP contribution in [0.15, 0.2) is 78.2 Å². The maximum atomic E-state index is 14.0. The highest BCUT2D eigenvalue weighted by Gasteiger charge is 2.47. The monoisotopic (exact) mass is 547 g/mol. The molecule has 39 heavy (non-hydrogen) atoms. The van der Waals surface area contributed by atoms with E-state index < -0.39 is 23.8 Å². The highest BCUT2D eigenvalue weighted by Crippen LogP contribution is 2.35. The molecule has 3 fully saturated rings. The summed E-state index contributed by atoms with van der Waals surface area (Å²) in [6, 6.07) is 19.3. The Hall–Kier alpha value is -3.62. The normalized spacial score (nSPS) is 22.2. The first-order valence-corrected chi connectivity index (χ1v) is 14.1. The fourth-order valence-electron chi connectivity index (χ4n) is 6.17. The van der Waals surface area contributed by atoms with Gasteiger partial charge in [0.25, 0.3) is 0 Å². The number of benzene rings is 3. The summed E-state index contributed by atoms with van der Waals surface area (Å²) < 4.78 is 35.6. The van der Waals surface area contributed by atoms with E-state index in [-0.39, 0.29) is 11.8 Å². The van der Waals surface area contributed by atoms with Gasteiger partial charge < -0.3 is 14.5 Å². The number of piperidine rings is 3. The van der Waals surface area contributed by atoms with Crippen molar-refractivity contribution in [3.8, 4) is 0 Å². The van der Waals surface area contributed by atoms with Crippen LogP contribution in [0.3, 0.4) is 0 Å². The van der Waals surface area contributed by atoms with Gasteiger partial charge in [0.2, 0.25) is 5.78 Å². The first kappa shape index (κ1) is 25.6. The zero-order valence-electron chi connectivity index (χ0n) is 21.3. The number of Topliss-reactive ketones (excluding diaryl/α,β-unsaturated/α-hetero) is 1.